The monoisotopic (exact) mass is 395 g/mol. The van der Waals surface area contributed by atoms with E-state index in [1.807, 2.05) is 4.90 Å². The van der Waals surface area contributed by atoms with E-state index < -0.39 is 10.0 Å². The van der Waals surface area contributed by atoms with Crippen LogP contribution in [-0.2, 0) is 14.8 Å². The molecule has 0 N–H and O–H groups in total. The summed E-state index contributed by atoms with van der Waals surface area (Å²) in [6, 6.07) is 0. The van der Waals surface area contributed by atoms with Crippen LogP contribution in [0.5, 0.6) is 0 Å². The third-order valence-corrected chi connectivity index (χ3v) is 8.84. The van der Waals surface area contributed by atoms with Crippen molar-refractivity contribution < 1.29 is 17.7 Å². The first-order chi connectivity index (χ1) is 12.9. The average molecular weight is 396 g/mol. The number of rotatable bonds is 4. The molecule has 7 nitrogen and oxygen atoms in total. The maximum absolute atomic E-state index is 13.0. The zero-order valence-corrected chi connectivity index (χ0v) is 17.0. The van der Waals surface area contributed by atoms with E-state index in [9.17, 15) is 13.2 Å². The quantitative estimate of drug-likeness (QED) is 0.781. The van der Waals surface area contributed by atoms with Crippen molar-refractivity contribution in [3.8, 4) is 0 Å². The first-order valence-electron chi connectivity index (χ1n) is 10.1. The van der Waals surface area contributed by atoms with Crippen LogP contribution in [0.25, 0.3) is 0 Å². The first kappa shape index (κ1) is 18.9. The summed E-state index contributed by atoms with van der Waals surface area (Å²) >= 11 is 0. The maximum atomic E-state index is 13.0. The minimum atomic E-state index is -3.64. The Labute approximate surface area is 161 Å². The van der Waals surface area contributed by atoms with Gasteiger partial charge in [0.1, 0.15) is 10.6 Å². The number of amides is 1. The van der Waals surface area contributed by atoms with Crippen LogP contribution in [0.2, 0.25) is 0 Å². The first-order valence-corrected chi connectivity index (χ1v) is 11.5. The molecule has 1 amide bonds. The summed E-state index contributed by atoms with van der Waals surface area (Å²) in [6.45, 7) is 5.11. The molecule has 3 unspecified atom stereocenters. The Balaban J connectivity index is 1.39. The zero-order chi connectivity index (χ0) is 19.2. The van der Waals surface area contributed by atoms with E-state index in [-0.39, 0.29) is 10.8 Å². The van der Waals surface area contributed by atoms with E-state index in [0.29, 0.717) is 56.4 Å². The van der Waals surface area contributed by atoms with Gasteiger partial charge in [0, 0.05) is 32.6 Å². The number of aromatic nitrogens is 1. The van der Waals surface area contributed by atoms with Gasteiger partial charge in [0.25, 0.3) is 0 Å². The lowest BCUT2D eigenvalue weighted by Crippen LogP contribution is -2.38. The van der Waals surface area contributed by atoms with E-state index in [4.69, 9.17) is 4.52 Å². The highest BCUT2D eigenvalue weighted by atomic mass is 32.2. The molecule has 4 rings (SSSR count). The van der Waals surface area contributed by atoms with Gasteiger partial charge < -0.3 is 9.42 Å². The highest BCUT2D eigenvalue weighted by Gasteiger charge is 2.41. The molecule has 0 spiro atoms. The Hall–Kier alpha value is -1.41. The minimum Gasteiger partial charge on any atom is -0.360 e. The van der Waals surface area contributed by atoms with E-state index in [0.717, 1.165) is 11.8 Å². The van der Waals surface area contributed by atoms with Gasteiger partial charge in [0.2, 0.25) is 15.9 Å². The predicted molar refractivity (Wildman–Crippen MR) is 99.5 cm³/mol. The average Bonchev–Trinajstić information content (AvgIpc) is 3.25. The van der Waals surface area contributed by atoms with Crippen LogP contribution in [0.1, 0.15) is 50.0 Å². The van der Waals surface area contributed by atoms with Crippen molar-refractivity contribution in [1.29, 1.82) is 0 Å². The van der Waals surface area contributed by atoms with Gasteiger partial charge in [-0.1, -0.05) is 11.6 Å². The molecule has 150 valence electrons. The fourth-order valence-electron chi connectivity index (χ4n) is 5.34. The van der Waals surface area contributed by atoms with Crippen LogP contribution in [0, 0.1) is 31.6 Å². The van der Waals surface area contributed by atoms with Crippen molar-refractivity contribution in [2.45, 2.75) is 57.3 Å². The summed E-state index contributed by atoms with van der Waals surface area (Å²) in [6.07, 6.45) is 6.43. The summed E-state index contributed by atoms with van der Waals surface area (Å²) in [5.74, 6) is 2.64. The molecular formula is C19H29N3O4S. The van der Waals surface area contributed by atoms with Crippen molar-refractivity contribution in [3.63, 3.8) is 0 Å². The summed E-state index contributed by atoms with van der Waals surface area (Å²) in [4.78, 5) is 14.8. The molecule has 0 aromatic carbocycles. The molecule has 1 aromatic rings. The fourth-order valence-corrected chi connectivity index (χ4v) is 7.10. The second-order valence-corrected chi connectivity index (χ2v) is 10.3. The van der Waals surface area contributed by atoms with Gasteiger partial charge in [-0.2, -0.15) is 4.31 Å². The van der Waals surface area contributed by atoms with Crippen LogP contribution >= 0.6 is 0 Å². The van der Waals surface area contributed by atoms with Gasteiger partial charge >= 0.3 is 0 Å². The number of hydrogen-bond donors (Lipinski definition) is 0. The second kappa shape index (κ2) is 7.20. The predicted octanol–water partition coefficient (Wildman–Crippen LogP) is 2.34. The van der Waals surface area contributed by atoms with Crippen LogP contribution in [0.15, 0.2) is 9.42 Å². The normalized spacial score (nSPS) is 29.3. The SMILES string of the molecule is Cc1noc(C)c1S(=O)(=O)N1CCCN(C(=O)CC2CC3CCC2C3)CC1. The van der Waals surface area contributed by atoms with E-state index in [2.05, 4.69) is 5.16 Å². The number of carbonyl (C=O) groups is 1. The lowest BCUT2D eigenvalue weighted by atomic mass is 9.86. The lowest BCUT2D eigenvalue weighted by molar-refractivity contribution is -0.132. The molecule has 2 saturated carbocycles. The van der Waals surface area contributed by atoms with Gasteiger partial charge in [-0.3, -0.25) is 4.79 Å². The van der Waals surface area contributed by atoms with Gasteiger partial charge in [-0.05, 0) is 57.3 Å². The number of aryl methyl sites for hydroxylation is 2. The highest BCUT2D eigenvalue weighted by molar-refractivity contribution is 7.89. The van der Waals surface area contributed by atoms with Crippen molar-refractivity contribution >= 4 is 15.9 Å². The highest BCUT2D eigenvalue weighted by Crippen LogP contribution is 2.49. The molecule has 3 fully saturated rings. The molecule has 2 bridgehead atoms. The molecule has 1 saturated heterocycles. The zero-order valence-electron chi connectivity index (χ0n) is 16.2. The van der Waals surface area contributed by atoms with Crippen molar-refractivity contribution in [3.05, 3.63) is 11.5 Å². The van der Waals surface area contributed by atoms with E-state index in [1.54, 1.807) is 13.8 Å². The van der Waals surface area contributed by atoms with Crippen molar-refractivity contribution in [2.24, 2.45) is 17.8 Å². The molecule has 1 aliphatic heterocycles. The smallest absolute Gasteiger partial charge is 0.248 e. The Morgan fingerprint density at radius 1 is 1.15 bits per heavy atom. The Morgan fingerprint density at radius 2 is 1.96 bits per heavy atom. The maximum Gasteiger partial charge on any atom is 0.248 e. The molecule has 3 aliphatic rings. The summed E-state index contributed by atoms with van der Waals surface area (Å²) in [5, 5.41) is 3.77. The largest absolute Gasteiger partial charge is 0.360 e. The molecule has 3 atom stereocenters. The third-order valence-electron chi connectivity index (χ3n) is 6.69. The van der Waals surface area contributed by atoms with Crippen LogP contribution in [-0.4, -0.2) is 54.9 Å². The van der Waals surface area contributed by atoms with Gasteiger partial charge in [-0.25, -0.2) is 8.42 Å². The molecule has 2 aliphatic carbocycles. The van der Waals surface area contributed by atoms with Crippen LogP contribution in [0.4, 0.5) is 0 Å². The summed E-state index contributed by atoms with van der Waals surface area (Å²) < 4.78 is 32.5. The standard InChI is InChI=1S/C19H29N3O4S/c1-13-19(14(2)26-20-13)27(24,25)22-7-3-6-21(8-9-22)18(23)12-17-11-15-4-5-16(17)10-15/h15-17H,3-12H2,1-2H3. The van der Waals surface area contributed by atoms with Crippen molar-refractivity contribution in [1.82, 2.24) is 14.4 Å². The van der Waals surface area contributed by atoms with Crippen LogP contribution < -0.4 is 0 Å². The number of fused-ring (bicyclic) bond motifs is 2. The molecule has 27 heavy (non-hydrogen) atoms. The number of nitrogens with zero attached hydrogens (tertiary/aromatic N) is 3. The third kappa shape index (κ3) is 3.53. The van der Waals surface area contributed by atoms with E-state index >= 15 is 0 Å². The Morgan fingerprint density at radius 3 is 2.59 bits per heavy atom. The van der Waals surface area contributed by atoms with Crippen LogP contribution in [0.3, 0.4) is 0 Å². The molecule has 8 heteroatoms. The number of carbonyl (C=O) groups excluding carboxylic acids is 1. The van der Waals surface area contributed by atoms with Gasteiger partial charge in [0.05, 0.1) is 0 Å². The second-order valence-electron chi connectivity index (χ2n) is 8.43. The summed E-state index contributed by atoms with van der Waals surface area (Å²) in [5.41, 5.74) is 0.390. The van der Waals surface area contributed by atoms with Crippen molar-refractivity contribution in [2.75, 3.05) is 26.2 Å². The fraction of sp³-hybridized carbons (Fsp3) is 0.789. The Kier molecular flexibility index (Phi) is 5.05. The molecule has 1 aromatic heterocycles. The number of sulfonamides is 1. The van der Waals surface area contributed by atoms with Gasteiger partial charge in [-0.15, -0.1) is 0 Å². The number of hydrogen-bond acceptors (Lipinski definition) is 5. The van der Waals surface area contributed by atoms with Gasteiger partial charge in [0.15, 0.2) is 5.76 Å². The minimum absolute atomic E-state index is 0.171. The Bertz CT molecular complexity index is 799. The van der Waals surface area contributed by atoms with E-state index in [1.165, 1.54) is 30.0 Å². The molecule has 2 heterocycles. The molecule has 0 radical (unpaired) electrons. The summed E-state index contributed by atoms with van der Waals surface area (Å²) in [7, 11) is -3.64. The lowest BCUT2D eigenvalue weighted by Gasteiger charge is -2.26. The molecular weight excluding hydrogens is 366 g/mol. The topological polar surface area (TPSA) is 83.7 Å².